The first-order valence-corrected chi connectivity index (χ1v) is 6.77. The van der Waals surface area contributed by atoms with Crippen molar-refractivity contribution in [2.75, 3.05) is 13.1 Å². The highest BCUT2D eigenvalue weighted by molar-refractivity contribution is 5.93. The first-order valence-electron chi connectivity index (χ1n) is 6.77. The van der Waals surface area contributed by atoms with Crippen LogP contribution in [0.5, 0.6) is 0 Å². The molecule has 5 heteroatoms. The zero-order valence-electron chi connectivity index (χ0n) is 10.7. The van der Waals surface area contributed by atoms with Crippen LogP contribution in [0.25, 0.3) is 0 Å². The minimum absolute atomic E-state index is 0.135. The number of nitrogens with zero attached hydrogens (tertiary/aromatic N) is 1. The molecule has 1 N–H and O–H groups in total. The number of hydrogen-bond donors (Lipinski definition) is 1. The summed E-state index contributed by atoms with van der Waals surface area (Å²) in [6, 6.07) is 2.78. The van der Waals surface area contributed by atoms with Crippen molar-refractivity contribution < 1.29 is 19.1 Å². The molecule has 1 aliphatic heterocycles. The van der Waals surface area contributed by atoms with E-state index in [0.717, 1.165) is 13.1 Å². The highest BCUT2D eigenvalue weighted by Crippen LogP contribution is 2.36. The van der Waals surface area contributed by atoms with Crippen LogP contribution in [0.2, 0.25) is 0 Å². The van der Waals surface area contributed by atoms with E-state index in [1.165, 1.54) is 37.8 Å². The topological polar surface area (TPSA) is 70.8 Å². The van der Waals surface area contributed by atoms with Gasteiger partial charge in [0, 0.05) is 13.1 Å². The average molecular weight is 263 g/mol. The van der Waals surface area contributed by atoms with Crippen LogP contribution in [0.3, 0.4) is 0 Å². The van der Waals surface area contributed by atoms with Gasteiger partial charge in [-0.25, -0.2) is 4.79 Å². The largest absolute Gasteiger partial charge is 0.475 e. The number of furan rings is 1. The van der Waals surface area contributed by atoms with E-state index < -0.39 is 5.97 Å². The minimum Gasteiger partial charge on any atom is -0.475 e. The lowest BCUT2D eigenvalue weighted by molar-refractivity contribution is 0.0653. The molecule has 1 saturated heterocycles. The van der Waals surface area contributed by atoms with E-state index in [2.05, 4.69) is 0 Å². The van der Waals surface area contributed by atoms with Gasteiger partial charge in [-0.3, -0.25) is 4.79 Å². The third-order valence-corrected chi connectivity index (χ3v) is 4.29. The van der Waals surface area contributed by atoms with Gasteiger partial charge >= 0.3 is 5.97 Å². The Bertz CT molecular complexity index is 493. The number of carboxylic acid groups (broad SMARTS) is 1. The normalized spacial score (nSPS) is 26.2. The third kappa shape index (κ3) is 2.25. The number of carboxylic acids is 1. The van der Waals surface area contributed by atoms with Crippen LogP contribution >= 0.6 is 0 Å². The maximum Gasteiger partial charge on any atom is 0.371 e. The van der Waals surface area contributed by atoms with Gasteiger partial charge in [-0.1, -0.05) is 12.8 Å². The van der Waals surface area contributed by atoms with Gasteiger partial charge in [0.1, 0.15) is 0 Å². The van der Waals surface area contributed by atoms with Crippen molar-refractivity contribution >= 4 is 11.9 Å². The average Bonchev–Trinajstić information content (AvgIpc) is 3.04. The molecule has 102 valence electrons. The molecule has 1 aromatic heterocycles. The van der Waals surface area contributed by atoms with E-state index in [-0.39, 0.29) is 17.4 Å². The van der Waals surface area contributed by atoms with Gasteiger partial charge in [-0.2, -0.15) is 0 Å². The maximum absolute atomic E-state index is 12.3. The number of hydrogen-bond acceptors (Lipinski definition) is 3. The zero-order valence-corrected chi connectivity index (χ0v) is 10.7. The molecule has 2 unspecified atom stereocenters. The molecule has 1 saturated carbocycles. The van der Waals surface area contributed by atoms with Crippen LogP contribution in [0, 0.1) is 11.8 Å². The first-order chi connectivity index (χ1) is 9.15. The summed E-state index contributed by atoms with van der Waals surface area (Å²) < 4.78 is 5.08. The predicted molar refractivity (Wildman–Crippen MR) is 67.0 cm³/mol. The number of amides is 1. The monoisotopic (exact) mass is 263 g/mol. The number of fused-ring (bicyclic) bond motifs is 1. The van der Waals surface area contributed by atoms with E-state index in [0.29, 0.717) is 11.8 Å². The summed E-state index contributed by atoms with van der Waals surface area (Å²) in [4.78, 5) is 24.8. The van der Waals surface area contributed by atoms with Crippen LogP contribution in [0.1, 0.15) is 46.8 Å². The Balaban J connectivity index is 1.71. The minimum atomic E-state index is -1.14. The lowest BCUT2D eigenvalue weighted by atomic mass is 9.82. The summed E-state index contributed by atoms with van der Waals surface area (Å²) in [6.45, 7) is 1.57. The highest BCUT2D eigenvalue weighted by Gasteiger charge is 2.37. The zero-order chi connectivity index (χ0) is 13.4. The second-order valence-electron chi connectivity index (χ2n) is 5.48. The van der Waals surface area contributed by atoms with Gasteiger partial charge < -0.3 is 14.4 Å². The van der Waals surface area contributed by atoms with Crippen LogP contribution in [-0.2, 0) is 0 Å². The maximum atomic E-state index is 12.3. The Hall–Kier alpha value is -1.78. The lowest BCUT2D eigenvalue weighted by Gasteiger charge is -2.22. The molecule has 2 heterocycles. The van der Waals surface area contributed by atoms with Crippen LogP contribution < -0.4 is 0 Å². The van der Waals surface area contributed by atoms with Gasteiger partial charge in [0.25, 0.3) is 5.91 Å². The Kier molecular flexibility index (Phi) is 3.05. The van der Waals surface area contributed by atoms with Crippen molar-refractivity contribution in [2.24, 2.45) is 11.8 Å². The fourth-order valence-corrected chi connectivity index (χ4v) is 3.30. The Morgan fingerprint density at radius 3 is 2.21 bits per heavy atom. The molecule has 0 spiro atoms. The van der Waals surface area contributed by atoms with E-state index in [1.54, 1.807) is 0 Å². The van der Waals surface area contributed by atoms with Crippen molar-refractivity contribution in [1.82, 2.24) is 4.90 Å². The molecule has 1 amide bonds. The van der Waals surface area contributed by atoms with Crippen LogP contribution in [-0.4, -0.2) is 35.0 Å². The summed E-state index contributed by atoms with van der Waals surface area (Å²) in [5.74, 6) is -0.134. The van der Waals surface area contributed by atoms with Crippen molar-refractivity contribution in [3.8, 4) is 0 Å². The quantitative estimate of drug-likeness (QED) is 0.888. The molecule has 0 bridgehead atoms. The summed E-state index contributed by atoms with van der Waals surface area (Å²) in [7, 11) is 0. The van der Waals surface area contributed by atoms with E-state index >= 15 is 0 Å². The third-order valence-electron chi connectivity index (χ3n) is 4.29. The summed E-state index contributed by atoms with van der Waals surface area (Å²) >= 11 is 0. The smallest absolute Gasteiger partial charge is 0.371 e. The Labute approximate surface area is 111 Å². The predicted octanol–water partition coefficient (Wildman–Crippen LogP) is 2.24. The molecule has 19 heavy (non-hydrogen) atoms. The summed E-state index contributed by atoms with van der Waals surface area (Å²) in [6.07, 6.45) is 4.92. The van der Waals surface area contributed by atoms with E-state index in [4.69, 9.17) is 9.52 Å². The molecule has 2 aliphatic rings. The SMILES string of the molecule is O=C(O)c1ccc(C(=O)N2CC3CCCCC3C2)o1. The van der Waals surface area contributed by atoms with Crippen molar-refractivity contribution in [2.45, 2.75) is 25.7 Å². The number of carbonyl (C=O) groups excluding carboxylic acids is 1. The molecule has 1 aromatic rings. The Morgan fingerprint density at radius 2 is 1.68 bits per heavy atom. The number of likely N-dealkylation sites (tertiary alicyclic amines) is 1. The molecular weight excluding hydrogens is 246 g/mol. The number of rotatable bonds is 2. The van der Waals surface area contributed by atoms with Gasteiger partial charge in [0.15, 0.2) is 5.76 Å². The molecule has 1 aliphatic carbocycles. The van der Waals surface area contributed by atoms with E-state index in [1.807, 2.05) is 4.90 Å². The summed E-state index contributed by atoms with van der Waals surface area (Å²) in [5, 5.41) is 8.80. The molecule has 5 nitrogen and oxygen atoms in total. The molecule has 0 aromatic carbocycles. The van der Waals surface area contributed by atoms with Gasteiger partial charge in [-0.05, 0) is 36.8 Å². The standard InChI is InChI=1S/C14H17NO4/c16-13(11-5-6-12(19-11)14(17)18)15-7-9-3-1-2-4-10(9)8-15/h5-6,9-10H,1-4,7-8H2,(H,17,18). The lowest BCUT2D eigenvalue weighted by Crippen LogP contribution is -2.28. The van der Waals surface area contributed by atoms with E-state index in [9.17, 15) is 9.59 Å². The van der Waals surface area contributed by atoms with Crippen LogP contribution in [0.15, 0.2) is 16.5 Å². The molecule has 0 radical (unpaired) electrons. The molecule has 2 atom stereocenters. The number of carbonyl (C=O) groups is 2. The molecule has 3 rings (SSSR count). The molecular formula is C14H17NO4. The van der Waals surface area contributed by atoms with Gasteiger partial charge in [0.2, 0.25) is 5.76 Å². The Morgan fingerprint density at radius 1 is 1.11 bits per heavy atom. The first kappa shape index (κ1) is 12.3. The molecule has 2 fully saturated rings. The second-order valence-corrected chi connectivity index (χ2v) is 5.48. The fraction of sp³-hybridized carbons (Fsp3) is 0.571. The fourth-order valence-electron chi connectivity index (χ4n) is 3.30. The number of aromatic carboxylic acids is 1. The van der Waals surface area contributed by atoms with Crippen LogP contribution in [0.4, 0.5) is 0 Å². The van der Waals surface area contributed by atoms with Gasteiger partial charge in [0.05, 0.1) is 0 Å². The van der Waals surface area contributed by atoms with Crippen molar-refractivity contribution in [1.29, 1.82) is 0 Å². The van der Waals surface area contributed by atoms with Crippen molar-refractivity contribution in [3.63, 3.8) is 0 Å². The second kappa shape index (κ2) is 4.72. The highest BCUT2D eigenvalue weighted by atomic mass is 16.4. The van der Waals surface area contributed by atoms with Gasteiger partial charge in [-0.15, -0.1) is 0 Å². The van der Waals surface area contributed by atoms with Crippen molar-refractivity contribution in [3.05, 3.63) is 23.7 Å². The summed E-state index contributed by atoms with van der Waals surface area (Å²) in [5.41, 5.74) is 0.